The highest BCUT2D eigenvalue weighted by Gasteiger charge is 2.26. The number of rotatable bonds is 5. The highest BCUT2D eigenvalue weighted by molar-refractivity contribution is 9.10. The van der Waals surface area contributed by atoms with Crippen molar-refractivity contribution in [2.75, 3.05) is 26.3 Å². The Labute approximate surface area is 128 Å². The molecule has 1 unspecified atom stereocenters. The SMILES string of the molecule is CCC(NS(=O)(=O)N1CCOCC1)c1ccc(Br)cc1. The minimum Gasteiger partial charge on any atom is -0.379 e. The molecule has 5 nitrogen and oxygen atoms in total. The van der Waals surface area contributed by atoms with E-state index in [0.29, 0.717) is 32.7 Å². The predicted molar refractivity (Wildman–Crippen MR) is 81.6 cm³/mol. The summed E-state index contributed by atoms with van der Waals surface area (Å²) >= 11 is 3.38. The van der Waals surface area contributed by atoms with E-state index in [2.05, 4.69) is 20.7 Å². The fraction of sp³-hybridized carbons (Fsp3) is 0.538. The van der Waals surface area contributed by atoms with Crippen LogP contribution < -0.4 is 4.72 Å². The molecule has 1 aliphatic heterocycles. The summed E-state index contributed by atoms with van der Waals surface area (Å²) in [6.45, 7) is 3.69. The van der Waals surface area contributed by atoms with Gasteiger partial charge >= 0.3 is 0 Å². The van der Waals surface area contributed by atoms with Gasteiger partial charge in [0, 0.05) is 23.6 Å². The van der Waals surface area contributed by atoms with E-state index < -0.39 is 10.2 Å². The van der Waals surface area contributed by atoms with Crippen molar-refractivity contribution < 1.29 is 13.2 Å². The van der Waals surface area contributed by atoms with Gasteiger partial charge in [-0.3, -0.25) is 0 Å². The van der Waals surface area contributed by atoms with E-state index in [9.17, 15) is 8.42 Å². The third-order valence-corrected chi connectivity index (χ3v) is 5.44. The molecule has 1 N–H and O–H groups in total. The quantitative estimate of drug-likeness (QED) is 0.871. The molecule has 7 heteroatoms. The maximum atomic E-state index is 12.3. The van der Waals surface area contributed by atoms with Crippen LogP contribution in [0.15, 0.2) is 28.7 Å². The first kappa shape index (κ1) is 15.9. The number of nitrogens with one attached hydrogen (secondary N) is 1. The normalized spacial score (nSPS) is 18.9. The zero-order valence-electron chi connectivity index (χ0n) is 11.4. The Morgan fingerprint density at radius 1 is 1.30 bits per heavy atom. The van der Waals surface area contributed by atoms with Gasteiger partial charge in [-0.25, -0.2) is 0 Å². The number of morpholine rings is 1. The van der Waals surface area contributed by atoms with Crippen molar-refractivity contribution in [3.05, 3.63) is 34.3 Å². The molecule has 1 heterocycles. The molecule has 1 aromatic rings. The molecule has 0 aliphatic carbocycles. The van der Waals surface area contributed by atoms with Crippen molar-refractivity contribution in [2.45, 2.75) is 19.4 Å². The summed E-state index contributed by atoms with van der Waals surface area (Å²) in [7, 11) is -3.46. The molecule has 1 aromatic carbocycles. The lowest BCUT2D eigenvalue weighted by Gasteiger charge is -2.28. The number of hydrogen-bond donors (Lipinski definition) is 1. The highest BCUT2D eigenvalue weighted by atomic mass is 79.9. The third-order valence-electron chi connectivity index (χ3n) is 3.28. The van der Waals surface area contributed by atoms with Gasteiger partial charge in [-0.2, -0.15) is 17.4 Å². The Balaban J connectivity index is 2.10. The maximum Gasteiger partial charge on any atom is 0.280 e. The first-order chi connectivity index (χ1) is 9.53. The summed E-state index contributed by atoms with van der Waals surface area (Å²) in [5.41, 5.74) is 0.965. The van der Waals surface area contributed by atoms with E-state index in [1.807, 2.05) is 31.2 Å². The Kier molecular flexibility index (Phi) is 5.57. The van der Waals surface area contributed by atoms with Crippen molar-refractivity contribution >= 4 is 26.1 Å². The van der Waals surface area contributed by atoms with Crippen LogP contribution in [0.3, 0.4) is 0 Å². The molecule has 0 amide bonds. The number of ether oxygens (including phenoxy) is 1. The van der Waals surface area contributed by atoms with Crippen LogP contribution in [-0.4, -0.2) is 39.0 Å². The lowest BCUT2D eigenvalue weighted by Crippen LogP contribution is -2.47. The highest BCUT2D eigenvalue weighted by Crippen LogP contribution is 2.21. The number of benzene rings is 1. The molecule has 20 heavy (non-hydrogen) atoms. The van der Waals surface area contributed by atoms with Crippen LogP contribution in [0.1, 0.15) is 24.9 Å². The Hall–Kier alpha value is -0.470. The van der Waals surface area contributed by atoms with E-state index >= 15 is 0 Å². The molecule has 1 fully saturated rings. The number of halogens is 1. The van der Waals surface area contributed by atoms with E-state index in [0.717, 1.165) is 10.0 Å². The van der Waals surface area contributed by atoms with Crippen molar-refractivity contribution in [2.24, 2.45) is 0 Å². The summed E-state index contributed by atoms with van der Waals surface area (Å²) in [6, 6.07) is 7.48. The van der Waals surface area contributed by atoms with Gasteiger partial charge in [0.05, 0.1) is 13.2 Å². The predicted octanol–water partition coefficient (Wildman–Crippen LogP) is 2.07. The van der Waals surface area contributed by atoms with Crippen molar-refractivity contribution in [1.82, 2.24) is 9.03 Å². The fourth-order valence-corrected chi connectivity index (χ4v) is 3.83. The standard InChI is InChI=1S/C13H19BrN2O3S/c1-2-13(11-3-5-12(14)6-4-11)15-20(17,18)16-7-9-19-10-8-16/h3-6,13,15H,2,7-10H2,1H3. The van der Waals surface area contributed by atoms with Crippen LogP contribution >= 0.6 is 15.9 Å². The van der Waals surface area contributed by atoms with Crippen LogP contribution in [0.2, 0.25) is 0 Å². The third kappa shape index (κ3) is 4.02. The lowest BCUT2D eigenvalue weighted by atomic mass is 10.1. The second-order valence-electron chi connectivity index (χ2n) is 4.65. The average molecular weight is 363 g/mol. The second-order valence-corrected chi connectivity index (χ2v) is 7.26. The van der Waals surface area contributed by atoms with Crippen molar-refractivity contribution in [1.29, 1.82) is 0 Å². The molecule has 1 atom stereocenters. The molecule has 0 saturated carbocycles. The van der Waals surface area contributed by atoms with Gasteiger partial charge in [-0.15, -0.1) is 0 Å². The monoisotopic (exact) mass is 362 g/mol. The fourth-order valence-electron chi connectivity index (χ4n) is 2.12. The van der Waals surface area contributed by atoms with Gasteiger partial charge in [0.25, 0.3) is 10.2 Å². The Morgan fingerprint density at radius 3 is 2.45 bits per heavy atom. The zero-order chi connectivity index (χ0) is 14.6. The van der Waals surface area contributed by atoms with Crippen molar-refractivity contribution in [3.8, 4) is 0 Å². The van der Waals surface area contributed by atoms with Gasteiger partial charge in [0.1, 0.15) is 0 Å². The van der Waals surface area contributed by atoms with Gasteiger partial charge in [0.2, 0.25) is 0 Å². The molecule has 0 bridgehead atoms. The molecule has 0 radical (unpaired) electrons. The van der Waals surface area contributed by atoms with E-state index in [1.165, 1.54) is 4.31 Å². The molecule has 112 valence electrons. The second kappa shape index (κ2) is 7.00. The zero-order valence-corrected chi connectivity index (χ0v) is 13.8. The first-order valence-corrected chi connectivity index (χ1v) is 8.87. The van der Waals surface area contributed by atoms with Crippen LogP contribution in [-0.2, 0) is 14.9 Å². The van der Waals surface area contributed by atoms with Gasteiger partial charge in [0.15, 0.2) is 0 Å². The lowest BCUT2D eigenvalue weighted by molar-refractivity contribution is 0.0723. The summed E-state index contributed by atoms with van der Waals surface area (Å²) in [4.78, 5) is 0. The topological polar surface area (TPSA) is 58.6 Å². The first-order valence-electron chi connectivity index (χ1n) is 6.63. The van der Waals surface area contributed by atoms with E-state index in [4.69, 9.17) is 4.74 Å². The smallest absolute Gasteiger partial charge is 0.280 e. The van der Waals surface area contributed by atoms with Crippen LogP contribution in [0.5, 0.6) is 0 Å². The number of nitrogens with zero attached hydrogens (tertiary/aromatic N) is 1. The minimum absolute atomic E-state index is 0.212. The van der Waals surface area contributed by atoms with Crippen LogP contribution in [0.4, 0.5) is 0 Å². The molecule has 1 saturated heterocycles. The molecular formula is C13H19BrN2O3S. The molecule has 1 aliphatic rings. The van der Waals surface area contributed by atoms with Gasteiger partial charge in [-0.1, -0.05) is 35.0 Å². The van der Waals surface area contributed by atoms with Gasteiger partial charge < -0.3 is 4.74 Å². The van der Waals surface area contributed by atoms with E-state index in [1.54, 1.807) is 0 Å². The summed E-state index contributed by atoms with van der Waals surface area (Å²) in [5.74, 6) is 0. The van der Waals surface area contributed by atoms with Crippen molar-refractivity contribution in [3.63, 3.8) is 0 Å². The molecular weight excluding hydrogens is 344 g/mol. The minimum atomic E-state index is -3.46. The summed E-state index contributed by atoms with van der Waals surface area (Å²) in [6.07, 6.45) is 0.700. The maximum absolute atomic E-state index is 12.3. The summed E-state index contributed by atoms with van der Waals surface area (Å²) in [5, 5.41) is 0. The number of hydrogen-bond acceptors (Lipinski definition) is 3. The van der Waals surface area contributed by atoms with Crippen LogP contribution in [0, 0.1) is 0 Å². The van der Waals surface area contributed by atoms with E-state index in [-0.39, 0.29) is 6.04 Å². The average Bonchev–Trinajstić information content (AvgIpc) is 2.47. The summed E-state index contributed by atoms with van der Waals surface area (Å²) < 4.78 is 35.1. The van der Waals surface area contributed by atoms with Crippen LogP contribution in [0.25, 0.3) is 0 Å². The largest absolute Gasteiger partial charge is 0.379 e. The Morgan fingerprint density at radius 2 is 1.90 bits per heavy atom. The molecule has 0 aromatic heterocycles. The van der Waals surface area contributed by atoms with Gasteiger partial charge in [-0.05, 0) is 24.1 Å². The molecule has 2 rings (SSSR count). The Bertz CT molecular complexity index is 527. The molecule has 0 spiro atoms.